The summed E-state index contributed by atoms with van der Waals surface area (Å²) in [6.07, 6.45) is 1.17. The molecule has 0 radical (unpaired) electrons. The number of carbonyl (C=O) groups is 1. The highest BCUT2D eigenvalue weighted by Crippen LogP contribution is 2.43. The van der Waals surface area contributed by atoms with Crippen LogP contribution in [0.3, 0.4) is 0 Å². The summed E-state index contributed by atoms with van der Waals surface area (Å²) in [6.45, 7) is 4.57. The fourth-order valence-corrected chi connectivity index (χ4v) is 2.66. The third kappa shape index (κ3) is 3.11. The van der Waals surface area contributed by atoms with E-state index in [0.717, 1.165) is 11.3 Å². The highest BCUT2D eigenvalue weighted by atomic mass is 16.7. The minimum atomic E-state index is -0.158. The lowest BCUT2D eigenvalue weighted by atomic mass is 10.0. The molecule has 124 valence electrons. The SMILES string of the molecule is CC(=NCCc1cc2c(c(O)c1C=O)OCO2)c1ccc(C)cc1. The smallest absolute Gasteiger partial charge is 0.231 e. The number of rotatable bonds is 5. The van der Waals surface area contributed by atoms with Crippen LogP contribution >= 0.6 is 0 Å². The Labute approximate surface area is 140 Å². The van der Waals surface area contributed by atoms with Gasteiger partial charge in [-0.05, 0) is 37.5 Å². The molecule has 5 heteroatoms. The van der Waals surface area contributed by atoms with Crippen molar-refractivity contribution in [2.45, 2.75) is 20.3 Å². The molecule has 1 N–H and O–H groups in total. The largest absolute Gasteiger partial charge is 0.504 e. The summed E-state index contributed by atoms with van der Waals surface area (Å²) in [5.74, 6) is 0.543. The maximum Gasteiger partial charge on any atom is 0.231 e. The van der Waals surface area contributed by atoms with Crippen molar-refractivity contribution in [1.82, 2.24) is 0 Å². The van der Waals surface area contributed by atoms with E-state index in [0.29, 0.717) is 30.6 Å². The van der Waals surface area contributed by atoms with Crippen molar-refractivity contribution in [1.29, 1.82) is 0 Å². The summed E-state index contributed by atoms with van der Waals surface area (Å²) in [5.41, 5.74) is 4.16. The van der Waals surface area contributed by atoms with Crippen LogP contribution in [0.5, 0.6) is 17.2 Å². The van der Waals surface area contributed by atoms with Crippen molar-refractivity contribution in [2.24, 2.45) is 4.99 Å². The molecule has 2 aromatic carbocycles. The Bertz CT molecular complexity index is 794. The molecular formula is C19H19NO4. The molecule has 0 atom stereocenters. The molecule has 0 amide bonds. The van der Waals surface area contributed by atoms with E-state index in [1.807, 2.05) is 26.0 Å². The molecule has 0 bridgehead atoms. The second-order valence-electron chi connectivity index (χ2n) is 5.73. The summed E-state index contributed by atoms with van der Waals surface area (Å²) in [4.78, 5) is 15.9. The Hall–Kier alpha value is -2.82. The topological polar surface area (TPSA) is 68.1 Å². The van der Waals surface area contributed by atoms with Gasteiger partial charge in [0.05, 0.1) is 5.56 Å². The van der Waals surface area contributed by atoms with Gasteiger partial charge in [0, 0.05) is 12.3 Å². The van der Waals surface area contributed by atoms with E-state index >= 15 is 0 Å². The molecule has 1 aliphatic rings. The number of phenols is 1. The van der Waals surface area contributed by atoms with Crippen molar-refractivity contribution in [2.75, 3.05) is 13.3 Å². The Morgan fingerprint density at radius 3 is 2.75 bits per heavy atom. The Balaban J connectivity index is 1.77. The first-order valence-corrected chi connectivity index (χ1v) is 7.78. The number of aromatic hydroxyl groups is 1. The monoisotopic (exact) mass is 325 g/mol. The molecule has 1 aliphatic heterocycles. The molecule has 5 nitrogen and oxygen atoms in total. The van der Waals surface area contributed by atoms with Crippen LogP contribution in [0.4, 0.5) is 0 Å². The number of phenolic OH excluding ortho intramolecular Hbond substituents is 1. The number of aldehydes is 1. The van der Waals surface area contributed by atoms with Gasteiger partial charge in [-0.2, -0.15) is 0 Å². The third-order valence-electron chi connectivity index (χ3n) is 4.08. The number of fused-ring (bicyclic) bond motifs is 1. The Morgan fingerprint density at radius 1 is 1.29 bits per heavy atom. The fourth-order valence-electron chi connectivity index (χ4n) is 2.66. The number of benzene rings is 2. The second-order valence-corrected chi connectivity index (χ2v) is 5.73. The molecular weight excluding hydrogens is 306 g/mol. The summed E-state index contributed by atoms with van der Waals surface area (Å²) >= 11 is 0. The minimum absolute atomic E-state index is 0.0509. The van der Waals surface area contributed by atoms with Gasteiger partial charge >= 0.3 is 0 Å². The first-order chi connectivity index (χ1) is 11.6. The van der Waals surface area contributed by atoms with Gasteiger partial charge in [-0.15, -0.1) is 0 Å². The highest BCUT2D eigenvalue weighted by Gasteiger charge is 2.23. The van der Waals surface area contributed by atoms with Gasteiger partial charge in [0.25, 0.3) is 0 Å². The van der Waals surface area contributed by atoms with Crippen LogP contribution in [-0.4, -0.2) is 30.4 Å². The minimum Gasteiger partial charge on any atom is -0.504 e. The Kier molecular flexibility index (Phi) is 4.51. The maximum absolute atomic E-state index is 11.3. The van der Waals surface area contributed by atoms with E-state index in [9.17, 15) is 9.90 Å². The average Bonchev–Trinajstić information content (AvgIpc) is 3.04. The number of hydrogen-bond donors (Lipinski definition) is 1. The molecule has 0 unspecified atom stereocenters. The van der Waals surface area contributed by atoms with E-state index in [1.165, 1.54) is 5.56 Å². The molecule has 0 saturated heterocycles. The number of ether oxygens (including phenoxy) is 2. The van der Waals surface area contributed by atoms with E-state index in [2.05, 4.69) is 17.1 Å². The Morgan fingerprint density at radius 2 is 2.04 bits per heavy atom. The second kappa shape index (κ2) is 6.74. The summed E-state index contributed by atoms with van der Waals surface area (Å²) in [6, 6.07) is 9.92. The van der Waals surface area contributed by atoms with Gasteiger partial charge in [-0.1, -0.05) is 29.8 Å². The van der Waals surface area contributed by atoms with Crippen molar-refractivity contribution in [3.63, 3.8) is 0 Å². The van der Waals surface area contributed by atoms with Crippen LogP contribution in [0.25, 0.3) is 0 Å². The van der Waals surface area contributed by atoms with E-state index in [1.54, 1.807) is 6.07 Å². The molecule has 3 rings (SSSR count). The molecule has 0 saturated carbocycles. The summed E-state index contributed by atoms with van der Waals surface area (Å²) < 4.78 is 10.5. The van der Waals surface area contributed by atoms with Gasteiger partial charge in [-0.3, -0.25) is 9.79 Å². The van der Waals surface area contributed by atoms with Crippen molar-refractivity contribution in [3.8, 4) is 17.2 Å². The van der Waals surface area contributed by atoms with Gasteiger partial charge in [0.1, 0.15) is 0 Å². The van der Waals surface area contributed by atoms with Gasteiger partial charge in [0.15, 0.2) is 17.8 Å². The lowest BCUT2D eigenvalue weighted by Crippen LogP contribution is -2.01. The summed E-state index contributed by atoms with van der Waals surface area (Å²) in [5, 5.41) is 10.1. The van der Waals surface area contributed by atoms with Crippen LogP contribution in [0.15, 0.2) is 35.3 Å². The fraction of sp³-hybridized carbons (Fsp3) is 0.263. The van der Waals surface area contributed by atoms with Crippen LogP contribution in [0.1, 0.15) is 34.0 Å². The van der Waals surface area contributed by atoms with Gasteiger partial charge in [-0.25, -0.2) is 0 Å². The predicted molar refractivity (Wildman–Crippen MR) is 91.6 cm³/mol. The summed E-state index contributed by atoms with van der Waals surface area (Å²) in [7, 11) is 0. The zero-order valence-electron chi connectivity index (χ0n) is 13.7. The molecule has 24 heavy (non-hydrogen) atoms. The van der Waals surface area contributed by atoms with Crippen LogP contribution in [0, 0.1) is 6.92 Å². The quantitative estimate of drug-likeness (QED) is 0.676. The standard InChI is InChI=1S/C19H19NO4/c1-12-3-5-14(6-4-12)13(2)20-8-7-15-9-17-19(24-11-23-17)18(22)16(15)10-21/h3-6,9-10,22H,7-8,11H2,1-2H3. The molecule has 0 aromatic heterocycles. The van der Waals surface area contributed by atoms with Gasteiger partial charge in [0.2, 0.25) is 12.5 Å². The van der Waals surface area contributed by atoms with Crippen molar-refractivity contribution >= 4 is 12.0 Å². The molecule has 0 aliphatic carbocycles. The zero-order chi connectivity index (χ0) is 17.1. The number of hydrogen-bond acceptors (Lipinski definition) is 5. The molecule has 1 heterocycles. The first-order valence-electron chi connectivity index (χ1n) is 7.78. The number of aliphatic imine (C=N–C) groups is 1. The third-order valence-corrected chi connectivity index (χ3v) is 4.08. The lowest BCUT2D eigenvalue weighted by Gasteiger charge is -2.09. The van der Waals surface area contributed by atoms with Crippen LogP contribution in [0.2, 0.25) is 0 Å². The number of nitrogens with zero attached hydrogens (tertiary/aromatic N) is 1. The predicted octanol–water partition coefficient (Wildman–Crippen LogP) is 3.29. The number of carbonyl (C=O) groups excluding carboxylic acids is 1. The van der Waals surface area contributed by atoms with E-state index < -0.39 is 0 Å². The number of aryl methyl sites for hydroxylation is 1. The molecule has 0 fully saturated rings. The molecule has 2 aromatic rings. The van der Waals surface area contributed by atoms with E-state index in [-0.39, 0.29) is 23.9 Å². The van der Waals surface area contributed by atoms with Gasteiger partial charge < -0.3 is 14.6 Å². The zero-order valence-corrected chi connectivity index (χ0v) is 13.7. The van der Waals surface area contributed by atoms with Crippen LogP contribution in [-0.2, 0) is 6.42 Å². The van der Waals surface area contributed by atoms with Crippen molar-refractivity contribution < 1.29 is 19.4 Å². The highest BCUT2D eigenvalue weighted by molar-refractivity contribution is 5.98. The first kappa shape index (κ1) is 16.1. The normalized spacial score (nSPS) is 13.2. The average molecular weight is 325 g/mol. The lowest BCUT2D eigenvalue weighted by molar-refractivity contribution is 0.111. The van der Waals surface area contributed by atoms with Crippen molar-refractivity contribution in [3.05, 3.63) is 52.6 Å². The molecule has 0 spiro atoms. The maximum atomic E-state index is 11.3. The van der Waals surface area contributed by atoms with Crippen LogP contribution < -0.4 is 9.47 Å². The van der Waals surface area contributed by atoms with E-state index in [4.69, 9.17) is 9.47 Å².